The van der Waals surface area contributed by atoms with Crippen LogP contribution in [-0.2, 0) is 14.3 Å². The van der Waals surface area contributed by atoms with Gasteiger partial charge in [0.25, 0.3) is 0 Å². The molecule has 2 atom stereocenters. The number of morpholine rings is 1. The largest absolute Gasteiger partial charge is 0.378 e. The van der Waals surface area contributed by atoms with Gasteiger partial charge in [-0.3, -0.25) is 9.59 Å². The molecule has 0 aromatic heterocycles. The standard InChI is InChI=1S/C15H28N4O3S2/c16-12(14(20)18-4-2-1-3-5-18)10-23-24-11-13(17)15(21)19-6-8-22-9-7-19/h12-13H,1-11,16-17H2/t12-,13-/m0/s1. The minimum absolute atomic E-state index is 0.0277. The smallest absolute Gasteiger partial charge is 0.240 e. The van der Waals surface area contributed by atoms with Crippen molar-refractivity contribution in [1.29, 1.82) is 0 Å². The Kier molecular flexibility index (Phi) is 8.68. The molecule has 24 heavy (non-hydrogen) atoms. The molecular formula is C15H28N4O3S2. The van der Waals surface area contributed by atoms with Gasteiger partial charge < -0.3 is 26.0 Å². The summed E-state index contributed by atoms with van der Waals surface area (Å²) in [5, 5.41) is 0. The second-order valence-corrected chi connectivity index (χ2v) is 8.66. The lowest BCUT2D eigenvalue weighted by molar-refractivity contribution is -0.136. The zero-order valence-electron chi connectivity index (χ0n) is 14.0. The van der Waals surface area contributed by atoms with E-state index in [4.69, 9.17) is 16.2 Å². The normalized spacial score (nSPS) is 21.4. The van der Waals surface area contributed by atoms with Gasteiger partial charge in [0, 0.05) is 37.7 Å². The average molecular weight is 377 g/mol. The van der Waals surface area contributed by atoms with Gasteiger partial charge in [-0.05, 0) is 19.3 Å². The first-order valence-electron chi connectivity index (χ1n) is 8.50. The predicted octanol–water partition coefficient (Wildman–Crippen LogP) is -0.106. The highest BCUT2D eigenvalue weighted by atomic mass is 33.1. The number of piperidine rings is 1. The molecule has 2 heterocycles. The summed E-state index contributed by atoms with van der Waals surface area (Å²) >= 11 is 0. The fourth-order valence-corrected chi connectivity index (χ4v) is 4.98. The van der Waals surface area contributed by atoms with Crippen molar-refractivity contribution < 1.29 is 14.3 Å². The van der Waals surface area contributed by atoms with Gasteiger partial charge in [-0.25, -0.2) is 0 Å². The van der Waals surface area contributed by atoms with Gasteiger partial charge in [0.1, 0.15) is 0 Å². The number of carbonyl (C=O) groups excluding carboxylic acids is 2. The van der Waals surface area contributed by atoms with Crippen LogP contribution >= 0.6 is 21.6 Å². The Bertz CT molecular complexity index is 378. The zero-order chi connectivity index (χ0) is 17.4. The van der Waals surface area contributed by atoms with Crippen molar-refractivity contribution in [2.24, 2.45) is 11.5 Å². The molecule has 0 saturated carbocycles. The molecule has 2 aliphatic rings. The van der Waals surface area contributed by atoms with Crippen LogP contribution in [-0.4, -0.2) is 84.6 Å². The number of rotatable bonds is 7. The fourth-order valence-electron chi connectivity index (χ4n) is 2.75. The van der Waals surface area contributed by atoms with Gasteiger partial charge in [-0.15, -0.1) is 0 Å². The third kappa shape index (κ3) is 6.11. The van der Waals surface area contributed by atoms with Gasteiger partial charge in [0.15, 0.2) is 0 Å². The van der Waals surface area contributed by atoms with Crippen LogP contribution in [0.4, 0.5) is 0 Å². The molecule has 0 unspecified atom stereocenters. The van der Waals surface area contributed by atoms with Crippen molar-refractivity contribution in [3.8, 4) is 0 Å². The van der Waals surface area contributed by atoms with E-state index in [1.54, 1.807) is 4.90 Å². The first-order valence-corrected chi connectivity index (χ1v) is 11.0. The summed E-state index contributed by atoms with van der Waals surface area (Å²) in [5.74, 6) is 1.07. The molecule has 2 amide bonds. The maximum Gasteiger partial charge on any atom is 0.240 e. The first kappa shape index (κ1) is 19.8. The summed E-state index contributed by atoms with van der Waals surface area (Å²) in [6.07, 6.45) is 3.33. The maximum absolute atomic E-state index is 12.2. The van der Waals surface area contributed by atoms with E-state index in [1.807, 2.05) is 4.90 Å². The molecule has 0 aromatic carbocycles. The van der Waals surface area contributed by atoms with Crippen LogP contribution in [0.15, 0.2) is 0 Å². The third-order valence-corrected chi connectivity index (χ3v) is 6.68. The number of hydrogen-bond acceptors (Lipinski definition) is 7. The van der Waals surface area contributed by atoms with E-state index in [0.29, 0.717) is 37.8 Å². The van der Waals surface area contributed by atoms with E-state index in [9.17, 15) is 9.59 Å². The molecule has 0 aromatic rings. The minimum Gasteiger partial charge on any atom is -0.378 e. The molecule has 2 rings (SSSR count). The van der Waals surface area contributed by atoms with Crippen molar-refractivity contribution in [3.63, 3.8) is 0 Å². The van der Waals surface area contributed by atoms with Crippen molar-refractivity contribution in [3.05, 3.63) is 0 Å². The van der Waals surface area contributed by atoms with Crippen LogP contribution in [0.25, 0.3) is 0 Å². The number of carbonyl (C=O) groups is 2. The summed E-state index contributed by atoms with van der Waals surface area (Å²) in [4.78, 5) is 28.0. The Balaban J connectivity index is 1.60. The van der Waals surface area contributed by atoms with Crippen LogP contribution in [0, 0.1) is 0 Å². The Morgan fingerprint density at radius 3 is 1.79 bits per heavy atom. The Morgan fingerprint density at radius 1 is 0.833 bits per heavy atom. The van der Waals surface area contributed by atoms with E-state index in [1.165, 1.54) is 28.0 Å². The maximum atomic E-state index is 12.2. The quantitative estimate of drug-likeness (QED) is 0.472. The second kappa shape index (κ2) is 10.5. The number of likely N-dealkylation sites (tertiary alicyclic amines) is 1. The lowest BCUT2D eigenvalue weighted by Crippen LogP contribution is -2.49. The summed E-state index contributed by atoms with van der Waals surface area (Å²) in [6, 6.07) is -0.999. The van der Waals surface area contributed by atoms with Crippen LogP contribution in [0.3, 0.4) is 0 Å². The number of amides is 2. The highest BCUT2D eigenvalue weighted by Crippen LogP contribution is 2.23. The molecule has 0 bridgehead atoms. The third-order valence-electron chi connectivity index (χ3n) is 4.20. The number of ether oxygens (including phenoxy) is 1. The Hall–Kier alpha value is -0.480. The summed E-state index contributed by atoms with van der Waals surface area (Å²) in [5.41, 5.74) is 12.0. The number of nitrogens with two attached hydrogens (primary N) is 2. The van der Waals surface area contributed by atoms with Crippen LogP contribution in [0.1, 0.15) is 19.3 Å². The predicted molar refractivity (Wildman–Crippen MR) is 98.7 cm³/mol. The molecule has 4 N–H and O–H groups in total. The molecule has 0 spiro atoms. The van der Waals surface area contributed by atoms with Crippen molar-refractivity contribution in [1.82, 2.24) is 9.80 Å². The van der Waals surface area contributed by atoms with Gasteiger partial charge in [-0.2, -0.15) is 0 Å². The second-order valence-electron chi connectivity index (χ2n) is 6.11. The Labute approximate surface area is 151 Å². The van der Waals surface area contributed by atoms with Crippen molar-refractivity contribution in [2.75, 3.05) is 50.9 Å². The minimum atomic E-state index is -0.519. The SMILES string of the molecule is N[C@@H](CSSC[C@H](N)C(=O)N1CCOCC1)C(=O)N1CCCCC1. The van der Waals surface area contributed by atoms with Gasteiger partial charge in [-0.1, -0.05) is 21.6 Å². The van der Waals surface area contributed by atoms with Crippen LogP contribution in [0.2, 0.25) is 0 Å². The van der Waals surface area contributed by atoms with E-state index in [-0.39, 0.29) is 11.8 Å². The van der Waals surface area contributed by atoms with E-state index in [2.05, 4.69) is 0 Å². The van der Waals surface area contributed by atoms with Crippen LogP contribution in [0.5, 0.6) is 0 Å². The molecule has 0 radical (unpaired) electrons. The molecule has 2 aliphatic heterocycles. The van der Waals surface area contributed by atoms with E-state index in [0.717, 1.165) is 25.9 Å². The van der Waals surface area contributed by atoms with Gasteiger partial charge in [0.2, 0.25) is 11.8 Å². The number of hydrogen-bond donors (Lipinski definition) is 2. The Morgan fingerprint density at radius 2 is 1.29 bits per heavy atom. The molecule has 2 saturated heterocycles. The highest BCUT2D eigenvalue weighted by molar-refractivity contribution is 8.76. The molecule has 0 aliphatic carbocycles. The van der Waals surface area contributed by atoms with Crippen molar-refractivity contribution >= 4 is 33.4 Å². The lowest BCUT2D eigenvalue weighted by atomic mass is 10.1. The first-order chi connectivity index (χ1) is 11.6. The topological polar surface area (TPSA) is 102 Å². The molecule has 2 fully saturated rings. The summed E-state index contributed by atoms with van der Waals surface area (Å²) < 4.78 is 5.23. The molecular weight excluding hydrogens is 348 g/mol. The van der Waals surface area contributed by atoms with E-state index >= 15 is 0 Å². The van der Waals surface area contributed by atoms with Gasteiger partial charge >= 0.3 is 0 Å². The van der Waals surface area contributed by atoms with Crippen LogP contribution < -0.4 is 11.5 Å². The lowest BCUT2D eigenvalue weighted by Gasteiger charge is -2.29. The molecule has 9 heteroatoms. The summed E-state index contributed by atoms with van der Waals surface area (Å²) in [6.45, 7) is 4.02. The summed E-state index contributed by atoms with van der Waals surface area (Å²) in [7, 11) is 3.02. The van der Waals surface area contributed by atoms with Gasteiger partial charge in [0.05, 0.1) is 25.3 Å². The van der Waals surface area contributed by atoms with E-state index < -0.39 is 12.1 Å². The van der Waals surface area contributed by atoms with Crippen molar-refractivity contribution in [2.45, 2.75) is 31.3 Å². The average Bonchev–Trinajstić information content (AvgIpc) is 2.65. The monoisotopic (exact) mass is 376 g/mol. The fraction of sp³-hybridized carbons (Fsp3) is 0.867. The molecule has 7 nitrogen and oxygen atoms in total. The highest BCUT2D eigenvalue weighted by Gasteiger charge is 2.24. The number of nitrogens with zero attached hydrogens (tertiary/aromatic N) is 2. The zero-order valence-corrected chi connectivity index (χ0v) is 15.7. The molecule has 138 valence electrons.